The van der Waals surface area contributed by atoms with E-state index in [4.69, 9.17) is 4.74 Å². The molecule has 0 unspecified atom stereocenters. The first-order valence-electron chi connectivity index (χ1n) is 12.1. The normalized spacial score (nSPS) is 21.3. The van der Waals surface area contributed by atoms with Gasteiger partial charge >= 0.3 is 6.09 Å². The maximum atomic E-state index is 13.2. The van der Waals surface area contributed by atoms with Gasteiger partial charge in [0, 0.05) is 12.6 Å². The van der Waals surface area contributed by atoms with Crippen molar-refractivity contribution in [3.63, 3.8) is 0 Å². The van der Waals surface area contributed by atoms with Crippen LogP contribution in [0.5, 0.6) is 0 Å². The molecule has 0 bridgehead atoms. The first-order valence-corrected chi connectivity index (χ1v) is 12.1. The Bertz CT molecular complexity index is 1110. The number of nitrogens with one attached hydrogen (secondary N) is 3. The number of carbonyl (C=O) groups excluding carboxylic acids is 3. The van der Waals surface area contributed by atoms with Crippen LogP contribution in [0.3, 0.4) is 0 Å². The fraction of sp³-hybridized carbons (Fsp3) is 0.321. The minimum Gasteiger partial charge on any atom is -0.445 e. The van der Waals surface area contributed by atoms with Gasteiger partial charge in [-0.15, -0.1) is 0 Å². The summed E-state index contributed by atoms with van der Waals surface area (Å²) < 4.78 is 5.33. The zero-order valence-corrected chi connectivity index (χ0v) is 19.7. The van der Waals surface area contributed by atoms with Crippen LogP contribution in [0.15, 0.2) is 72.8 Å². The molecule has 1 aliphatic carbocycles. The van der Waals surface area contributed by atoms with Crippen LogP contribution in [-0.4, -0.2) is 36.5 Å². The van der Waals surface area contributed by atoms with Crippen LogP contribution in [0.1, 0.15) is 42.4 Å². The predicted molar refractivity (Wildman–Crippen MR) is 134 cm³/mol. The van der Waals surface area contributed by atoms with E-state index < -0.39 is 18.2 Å². The Hall–Kier alpha value is -3.87. The first kappa shape index (κ1) is 24.3. The number of allylic oxidation sites excluding steroid dienone is 1. The molecular formula is C28H31N3O4. The quantitative estimate of drug-likeness (QED) is 0.618. The van der Waals surface area contributed by atoms with Crippen molar-refractivity contribution in [2.75, 3.05) is 6.54 Å². The highest BCUT2D eigenvalue weighted by Crippen LogP contribution is 2.30. The molecule has 4 rings (SSSR count). The van der Waals surface area contributed by atoms with E-state index in [9.17, 15) is 14.4 Å². The van der Waals surface area contributed by atoms with Gasteiger partial charge in [0.25, 0.3) is 0 Å². The zero-order chi connectivity index (χ0) is 24.5. The van der Waals surface area contributed by atoms with Crippen molar-refractivity contribution in [2.45, 2.75) is 50.8 Å². The molecule has 7 nitrogen and oxygen atoms in total. The van der Waals surface area contributed by atoms with Crippen molar-refractivity contribution in [3.8, 4) is 0 Å². The van der Waals surface area contributed by atoms with Gasteiger partial charge in [0.1, 0.15) is 12.6 Å². The molecule has 2 aromatic carbocycles. The molecular weight excluding hydrogens is 442 g/mol. The van der Waals surface area contributed by atoms with E-state index in [0.717, 1.165) is 17.6 Å². The third-order valence-electron chi connectivity index (χ3n) is 6.22. The Morgan fingerprint density at radius 3 is 2.69 bits per heavy atom. The van der Waals surface area contributed by atoms with Crippen molar-refractivity contribution >= 4 is 23.5 Å². The topological polar surface area (TPSA) is 96.5 Å². The Kier molecular flexibility index (Phi) is 8.33. The highest BCUT2D eigenvalue weighted by molar-refractivity contribution is 5.89. The van der Waals surface area contributed by atoms with E-state index in [1.807, 2.05) is 42.5 Å². The van der Waals surface area contributed by atoms with Crippen LogP contribution in [0.25, 0.3) is 5.57 Å². The summed E-state index contributed by atoms with van der Waals surface area (Å²) in [6.45, 7) is 0.644. The van der Waals surface area contributed by atoms with Crippen LogP contribution in [0.4, 0.5) is 4.79 Å². The molecule has 0 aromatic heterocycles. The van der Waals surface area contributed by atoms with Crippen LogP contribution >= 0.6 is 0 Å². The Morgan fingerprint density at radius 2 is 1.83 bits per heavy atom. The Balaban J connectivity index is 1.43. The Labute approximate surface area is 205 Å². The van der Waals surface area contributed by atoms with E-state index in [0.29, 0.717) is 32.2 Å². The van der Waals surface area contributed by atoms with E-state index in [2.05, 4.69) is 34.2 Å². The predicted octanol–water partition coefficient (Wildman–Crippen LogP) is 3.65. The number of fused-ring (bicyclic) bond motifs is 1. The standard InChI is InChI=1S/C28H31N3O4/c32-26-16-15-23(18-22-14-13-21-10-4-5-11-24(21)22)30-27(33)25(12-6-7-17-29-26)31-28(34)35-19-20-8-2-1-3-9-20/h1-5,8-11,14-16,23,25H,6-7,12-13,17-19H2,(H,29,32)(H,30,33)(H,31,34)/b16-15+/t23-,25+/m1/s1. The third kappa shape index (κ3) is 7.06. The monoisotopic (exact) mass is 473 g/mol. The summed E-state index contributed by atoms with van der Waals surface area (Å²) in [5.41, 5.74) is 4.43. The summed E-state index contributed by atoms with van der Waals surface area (Å²) in [4.78, 5) is 37.8. The molecule has 0 saturated heterocycles. The molecule has 35 heavy (non-hydrogen) atoms. The van der Waals surface area contributed by atoms with Gasteiger partial charge in [0.2, 0.25) is 11.8 Å². The molecule has 1 heterocycles. The molecule has 0 fully saturated rings. The van der Waals surface area contributed by atoms with Gasteiger partial charge in [-0.2, -0.15) is 0 Å². The number of carbonyl (C=O) groups is 3. The number of amides is 3. The van der Waals surface area contributed by atoms with Gasteiger partial charge in [-0.1, -0.05) is 66.7 Å². The lowest BCUT2D eigenvalue weighted by Gasteiger charge is -2.23. The van der Waals surface area contributed by atoms with Crippen molar-refractivity contribution in [1.82, 2.24) is 16.0 Å². The fourth-order valence-electron chi connectivity index (χ4n) is 4.36. The number of alkyl carbamates (subject to hydrolysis) is 1. The average molecular weight is 474 g/mol. The van der Waals surface area contributed by atoms with Crippen molar-refractivity contribution < 1.29 is 19.1 Å². The lowest BCUT2D eigenvalue weighted by Crippen LogP contribution is -2.49. The number of ether oxygens (including phenoxy) is 1. The smallest absolute Gasteiger partial charge is 0.408 e. The molecule has 3 N–H and O–H groups in total. The fourth-order valence-corrected chi connectivity index (χ4v) is 4.36. The number of benzene rings is 2. The molecule has 1 aliphatic heterocycles. The molecule has 182 valence electrons. The van der Waals surface area contributed by atoms with Crippen LogP contribution < -0.4 is 16.0 Å². The van der Waals surface area contributed by atoms with Gasteiger partial charge in [-0.05, 0) is 54.4 Å². The third-order valence-corrected chi connectivity index (χ3v) is 6.22. The number of hydrogen-bond acceptors (Lipinski definition) is 4. The van der Waals surface area contributed by atoms with E-state index >= 15 is 0 Å². The summed E-state index contributed by atoms with van der Waals surface area (Å²) in [5, 5.41) is 8.63. The van der Waals surface area contributed by atoms with Gasteiger partial charge in [0.15, 0.2) is 0 Å². The summed E-state index contributed by atoms with van der Waals surface area (Å²) in [7, 11) is 0. The molecule has 0 saturated carbocycles. The highest BCUT2D eigenvalue weighted by Gasteiger charge is 2.25. The van der Waals surface area contributed by atoms with Gasteiger partial charge in [-0.3, -0.25) is 9.59 Å². The highest BCUT2D eigenvalue weighted by atomic mass is 16.5. The zero-order valence-electron chi connectivity index (χ0n) is 19.7. The lowest BCUT2D eigenvalue weighted by atomic mass is 9.98. The molecule has 3 amide bonds. The Morgan fingerprint density at radius 1 is 1.03 bits per heavy atom. The van der Waals surface area contributed by atoms with Gasteiger partial charge in [-0.25, -0.2) is 4.79 Å². The summed E-state index contributed by atoms with van der Waals surface area (Å²) in [5.74, 6) is -0.464. The maximum absolute atomic E-state index is 13.2. The second kappa shape index (κ2) is 12.0. The largest absolute Gasteiger partial charge is 0.445 e. The minimum absolute atomic E-state index is 0.131. The summed E-state index contributed by atoms with van der Waals surface area (Å²) >= 11 is 0. The molecule has 2 aromatic rings. The molecule has 0 radical (unpaired) electrons. The van der Waals surface area contributed by atoms with Crippen LogP contribution in [0.2, 0.25) is 0 Å². The minimum atomic E-state index is -0.728. The second-order valence-electron chi connectivity index (χ2n) is 8.81. The second-order valence-corrected chi connectivity index (χ2v) is 8.81. The van der Waals surface area contributed by atoms with Crippen LogP contribution in [0, 0.1) is 0 Å². The van der Waals surface area contributed by atoms with Crippen molar-refractivity contribution in [3.05, 3.63) is 89.5 Å². The average Bonchev–Trinajstić information content (AvgIpc) is 3.27. The maximum Gasteiger partial charge on any atom is 0.408 e. The van der Waals surface area contributed by atoms with Crippen LogP contribution in [-0.2, 0) is 27.4 Å². The SMILES string of the molecule is O=C1/C=C/[C@H](CC2=CCc3ccccc32)NC(=O)[C@@H](NC(=O)OCc2ccccc2)CCCCN1. The molecule has 0 spiro atoms. The molecule has 7 heteroatoms. The molecule has 2 atom stereocenters. The van der Waals surface area contributed by atoms with Crippen molar-refractivity contribution in [1.29, 1.82) is 0 Å². The van der Waals surface area contributed by atoms with Crippen molar-refractivity contribution in [2.24, 2.45) is 0 Å². The van der Waals surface area contributed by atoms with E-state index in [-0.39, 0.29) is 18.4 Å². The lowest BCUT2D eigenvalue weighted by molar-refractivity contribution is -0.123. The van der Waals surface area contributed by atoms with E-state index in [1.165, 1.54) is 17.2 Å². The summed E-state index contributed by atoms with van der Waals surface area (Å²) in [6, 6.07) is 16.5. The van der Waals surface area contributed by atoms with E-state index in [1.54, 1.807) is 6.08 Å². The number of hydrogen-bond donors (Lipinski definition) is 3. The van der Waals surface area contributed by atoms with Gasteiger partial charge < -0.3 is 20.7 Å². The first-order chi connectivity index (χ1) is 17.1. The van der Waals surface area contributed by atoms with Gasteiger partial charge in [0.05, 0.1) is 6.04 Å². The molecule has 2 aliphatic rings. The summed E-state index contributed by atoms with van der Waals surface area (Å²) in [6.07, 6.45) is 7.97. The number of rotatable bonds is 5.